The molecule has 2 aliphatic heterocycles. The highest BCUT2D eigenvalue weighted by atomic mass is 16.6. The van der Waals surface area contributed by atoms with Gasteiger partial charge in [0.2, 0.25) is 0 Å². The van der Waals surface area contributed by atoms with E-state index in [1.165, 1.54) is 32.2 Å². The number of carbonyl (C=O) groups excluding carboxylic acids is 2. The van der Waals surface area contributed by atoms with Crippen LogP contribution in [0.15, 0.2) is 59.0 Å². The summed E-state index contributed by atoms with van der Waals surface area (Å²) in [5, 5.41) is 14.7. The van der Waals surface area contributed by atoms with Gasteiger partial charge < -0.3 is 29.2 Å². The number of ether oxygens (including phenoxy) is 2. The first kappa shape index (κ1) is 38.5. The first-order valence-electron chi connectivity index (χ1n) is 19.1. The zero-order valence-electron chi connectivity index (χ0n) is 31.0. The van der Waals surface area contributed by atoms with Crippen molar-refractivity contribution >= 4 is 23.5 Å². The third kappa shape index (κ3) is 11.1. The van der Waals surface area contributed by atoms with Crippen LogP contribution in [0.3, 0.4) is 0 Å². The van der Waals surface area contributed by atoms with E-state index >= 15 is 0 Å². The van der Waals surface area contributed by atoms with Crippen LogP contribution >= 0.6 is 0 Å². The minimum atomic E-state index is -0.0982. The first-order chi connectivity index (χ1) is 24.9. The molecule has 3 aliphatic rings. The Morgan fingerprint density at radius 1 is 0.922 bits per heavy atom. The van der Waals surface area contributed by atoms with E-state index in [1.807, 2.05) is 51.1 Å². The lowest BCUT2D eigenvalue weighted by molar-refractivity contribution is -0.116. The number of aryl methyl sites for hydroxylation is 1. The summed E-state index contributed by atoms with van der Waals surface area (Å²) in [5.41, 5.74) is 4.82. The summed E-state index contributed by atoms with van der Waals surface area (Å²) in [5.74, 6) is 1.50. The Morgan fingerprint density at radius 3 is 2.35 bits per heavy atom. The van der Waals surface area contributed by atoms with Crippen molar-refractivity contribution in [1.29, 1.82) is 0 Å². The van der Waals surface area contributed by atoms with Crippen LogP contribution in [-0.2, 0) is 14.4 Å². The minimum absolute atomic E-state index is 0.0774. The van der Waals surface area contributed by atoms with E-state index < -0.39 is 0 Å². The van der Waals surface area contributed by atoms with Gasteiger partial charge in [0.05, 0.1) is 24.5 Å². The van der Waals surface area contributed by atoms with Crippen LogP contribution in [0.4, 0.5) is 5.69 Å². The van der Waals surface area contributed by atoms with Gasteiger partial charge >= 0.3 is 0 Å². The second kappa shape index (κ2) is 19.8. The number of aliphatic hydroxyl groups is 1. The largest absolute Gasteiger partial charge is 0.511 e. The molecule has 2 saturated heterocycles. The maximum absolute atomic E-state index is 12.9. The van der Waals surface area contributed by atoms with Gasteiger partial charge in [-0.1, -0.05) is 30.3 Å². The number of allylic oxidation sites excluding steroid dienone is 2. The first-order valence-corrected chi connectivity index (χ1v) is 19.1. The average Bonchev–Trinajstić information content (AvgIpc) is 3.15. The summed E-state index contributed by atoms with van der Waals surface area (Å²) in [4.78, 5) is 36.9. The zero-order valence-corrected chi connectivity index (χ0v) is 31.0. The fourth-order valence-corrected chi connectivity index (χ4v) is 7.52. The van der Waals surface area contributed by atoms with Gasteiger partial charge in [-0.3, -0.25) is 14.5 Å². The molecule has 0 saturated carbocycles. The predicted molar refractivity (Wildman–Crippen MR) is 202 cm³/mol. The summed E-state index contributed by atoms with van der Waals surface area (Å²) >= 11 is 0. The molecule has 2 aromatic rings. The van der Waals surface area contributed by atoms with Crippen molar-refractivity contribution in [3.8, 4) is 5.75 Å². The lowest BCUT2D eigenvalue weighted by Gasteiger charge is -2.37. The molecule has 1 aliphatic carbocycles. The minimum Gasteiger partial charge on any atom is -0.511 e. The summed E-state index contributed by atoms with van der Waals surface area (Å²) in [7, 11) is 0. The van der Waals surface area contributed by atoms with Crippen LogP contribution in [0.1, 0.15) is 86.2 Å². The fraction of sp³-hybridized carbons (Fsp3) is 0.585. The molecule has 0 bridgehead atoms. The number of nitrogens with zero attached hydrogens (tertiary/aromatic N) is 4. The number of piperazine rings is 1. The molecule has 0 spiro atoms. The number of benzene rings is 2. The monoisotopic (exact) mass is 702 g/mol. The number of piperidine rings is 1. The molecule has 51 heavy (non-hydrogen) atoms. The molecule has 10 heteroatoms. The van der Waals surface area contributed by atoms with E-state index in [0.29, 0.717) is 57.0 Å². The predicted octanol–water partition coefficient (Wildman–Crippen LogP) is 6.58. The number of aliphatic hydroxyl groups excluding tert-OH is 1. The molecular formula is C41H58N4O6. The summed E-state index contributed by atoms with van der Waals surface area (Å²) in [6.45, 7) is 16.5. The Labute approximate surface area is 304 Å². The van der Waals surface area contributed by atoms with Crippen molar-refractivity contribution in [1.82, 2.24) is 9.80 Å². The van der Waals surface area contributed by atoms with Crippen LogP contribution < -0.4 is 9.64 Å². The molecule has 2 aromatic carbocycles. The molecular weight excluding hydrogens is 644 g/mol. The molecule has 0 amide bonds. The molecule has 278 valence electrons. The van der Waals surface area contributed by atoms with Gasteiger partial charge in [0.15, 0.2) is 5.78 Å². The van der Waals surface area contributed by atoms with Gasteiger partial charge in [-0.15, -0.1) is 0 Å². The lowest BCUT2D eigenvalue weighted by Crippen LogP contribution is -2.46. The fourth-order valence-electron chi connectivity index (χ4n) is 7.52. The second-order valence-electron chi connectivity index (χ2n) is 14.1. The molecule has 1 N–H and O–H groups in total. The van der Waals surface area contributed by atoms with Gasteiger partial charge in [0.1, 0.15) is 31.0 Å². The summed E-state index contributed by atoms with van der Waals surface area (Å²) in [6.07, 6.45) is 7.34. The standard InChI is InChI=1S/C41H58N4O6/c1-4-38(42-51-5-2)41-39(47)28-34(29-40(41)48)33-9-12-37(13-10-33)50-26-25-49-24-23-44-17-14-32(15-18-44)7-6-16-43-19-21-45(22-20-43)36-11-8-31(3)35(27-36)30-46/h8-13,27,30,32,34,47H,4-7,14-26,28-29H2,1-3H3/b42-38+. The number of hydrogen-bond acceptors (Lipinski definition) is 10. The van der Waals surface area contributed by atoms with E-state index in [0.717, 1.165) is 86.1 Å². The van der Waals surface area contributed by atoms with Crippen molar-refractivity contribution in [2.24, 2.45) is 11.1 Å². The Bertz CT molecular complexity index is 1480. The zero-order chi connectivity index (χ0) is 36.0. The van der Waals surface area contributed by atoms with E-state index in [4.69, 9.17) is 14.3 Å². The van der Waals surface area contributed by atoms with E-state index in [2.05, 4.69) is 32.0 Å². The molecule has 10 nitrogen and oxygen atoms in total. The van der Waals surface area contributed by atoms with Gasteiger partial charge in [-0.05, 0) is 113 Å². The van der Waals surface area contributed by atoms with Crippen LogP contribution in [0.25, 0.3) is 0 Å². The van der Waals surface area contributed by atoms with Crippen molar-refractivity contribution in [2.75, 3.05) is 83.7 Å². The van der Waals surface area contributed by atoms with Gasteiger partial charge in [0, 0.05) is 56.8 Å². The van der Waals surface area contributed by atoms with Crippen LogP contribution in [0, 0.1) is 12.8 Å². The number of anilines is 1. The van der Waals surface area contributed by atoms with Crippen LogP contribution in [-0.4, -0.2) is 111 Å². The lowest BCUT2D eigenvalue weighted by atomic mass is 9.81. The smallest absolute Gasteiger partial charge is 0.168 e. The number of hydrogen-bond donors (Lipinski definition) is 1. The van der Waals surface area contributed by atoms with Gasteiger partial charge in [0.25, 0.3) is 0 Å². The molecule has 2 heterocycles. The number of aldehydes is 1. The number of ketones is 1. The Morgan fingerprint density at radius 2 is 1.67 bits per heavy atom. The quantitative estimate of drug-likeness (QED) is 0.0799. The van der Waals surface area contributed by atoms with E-state index in [1.54, 1.807) is 0 Å². The Hall–Kier alpha value is -3.73. The Balaban J connectivity index is 0.898. The van der Waals surface area contributed by atoms with E-state index in [9.17, 15) is 14.7 Å². The molecule has 1 atom stereocenters. The van der Waals surface area contributed by atoms with Crippen molar-refractivity contribution < 1.29 is 29.0 Å². The normalized spacial score (nSPS) is 19.8. The number of oxime groups is 1. The third-order valence-corrected chi connectivity index (χ3v) is 10.7. The SMILES string of the molecule is CCO/N=C(\CC)C1=C(O)CC(c2ccc(OCCOCCN3CCC(CCCN4CCN(c5ccc(C)c(C=O)c5)CC4)CC3)cc2)CC1=O. The Kier molecular flexibility index (Phi) is 14.9. The highest BCUT2D eigenvalue weighted by Gasteiger charge is 2.31. The topological polar surface area (TPSA) is 104 Å². The average molecular weight is 703 g/mol. The summed E-state index contributed by atoms with van der Waals surface area (Å²) in [6, 6.07) is 14.0. The molecule has 1 unspecified atom stereocenters. The van der Waals surface area contributed by atoms with Crippen LogP contribution in [0.5, 0.6) is 5.75 Å². The van der Waals surface area contributed by atoms with Gasteiger partial charge in [-0.25, -0.2) is 0 Å². The molecule has 5 rings (SSSR count). The third-order valence-electron chi connectivity index (χ3n) is 10.7. The van der Waals surface area contributed by atoms with Crippen molar-refractivity contribution in [2.45, 2.75) is 71.6 Å². The maximum atomic E-state index is 12.9. The van der Waals surface area contributed by atoms with Crippen LogP contribution in [0.2, 0.25) is 0 Å². The van der Waals surface area contributed by atoms with Crippen molar-refractivity contribution in [3.63, 3.8) is 0 Å². The van der Waals surface area contributed by atoms with Crippen molar-refractivity contribution in [3.05, 3.63) is 70.5 Å². The molecule has 0 radical (unpaired) electrons. The molecule has 2 fully saturated rings. The number of rotatable bonds is 18. The van der Waals surface area contributed by atoms with Gasteiger partial charge in [-0.2, -0.15) is 0 Å². The second-order valence-corrected chi connectivity index (χ2v) is 14.1. The van der Waals surface area contributed by atoms with E-state index in [-0.39, 0.29) is 17.5 Å². The summed E-state index contributed by atoms with van der Waals surface area (Å²) < 4.78 is 11.8. The highest BCUT2D eigenvalue weighted by molar-refractivity contribution is 6.23. The number of Topliss-reactive ketones (excluding diaryl/α,β-unsaturated/α-hetero) is 1. The molecule has 0 aromatic heterocycles. The highest BCUT2D eigenvalue weighted by Crippen LogP contribution is 2.35. The maximum Gasteiger partial charge on any atom is 0.168 e. The number of likely N-dealkylation sites (tertiary alicyclic amines) is 1. The number of carbonyl (C=O) groups is 2.